The van der Waals surface area contributed by atoms with Crippen molar-refractivity contribution in [1.29, 1.82) is 0 Å². The summed E-state index contributed by atoms with van der Waals surface area (Å²) >= 11 is 0. The highest BCUT2D eigenvalue weighted by Crippen LogP contribution is 2.33. The van der Waals surface area contributed by atoms with E-state index in [4.69, 9.17) is 15.2 Å². The van der Waals surface area contributed by atoms with Crippen LogP contribution in [0.1, 0.15) is 30.1 Å². The summed E-state index contributed by atoms with van der Waals surface area (Å²) in [6, 6.07) is 4.97. The van der Waals surface area contributed by atoms with Crippen molar-refractivity contribution in [3.8, 4) is 5.75 Å². The molecule has 24 heavy (non-hydrogen) atoms. The van der Waals surface area contributed by atoms with Crippen LogP contribution in [0.25, 0.3) is 0 Å². The second kappa shape index (κ2) is 6.48. The molecular weight excluding hydrogens is 314 g/mol. The topological polar surface area (TPSA) is 120 Å². The number of nitrogens with one attached hydrogen (secondary N) is 2. The third kappa shape index (κ3) is 3.18. The van der Waals surface area contributed by atoms with E-state index >= 15 is 0 Å². The minimum atomic E-state index is -0.666. The van der Waals surface area contributed by atoms with Crippen molar-refractivity contribution < 1.29 is 23.9 Å². The van der Waals surface area contributed by atoms with E-state index in [2.05, 4.69) is 10.6 Å². The van der Waals surface area contributed by atoms with Crippen LogP contribution in [0.5, 0.6) is 5.75 Å². The van der Waals surface area contributed by atoms with E-state index in [1.54, 1.807) is 25.1 Å². The summed E-state index contributed by atoms with van der Waals surface area (Å²) in [5.74, 6) is -0.721. The maximum atomic E-state index is 12.4. The fourth-order valence-electron chi connectivity index (χ4n) is 2.77. The van der Waals surface area contributed by atoms with Gasteiger partial charge in [-0.25, -0.2) is 0 Å². The highest BCUT2D eigenvalue weighted by molar-refractivity contribution is 6.03. The molecule has 4 N–H and O–H groups in total. The Labute approximate surface area is 138 Å². The van der Waals surface area contributed by atoms with Gasteiger partial charge in [-0.05, 0) is 31.9 Å². The van der Waals surface area contributed by atoms with Gasteiger partial charge in [0.05, 0.1) is 17.4 Å². The molecule has 3 amide bonds. The lowest BCUT2D eigenvalue weighted by Crippen LogP contribution is -2.37. The average Bonchev–Trinajstić information content (AvgIpc) is 3.02. The van der Waals surface area contributed by atoms with Crippen molar-refractivity contribution in [1.82, 2.24) is 5.32 Å². The molecule has 0 radical (unpaired) electrons. The Balaban J connectivity index is 1.65. The van der Waals surface area contributed by atoms with Crippen molar-refractivity contribution in [2.75, 3.05) is 11.9 Å². The molecule has 0 bridgehead atoms. The van der Waals surface area contributed by atoms with Gasteiger partial charge in [0.25, 0.3) is 11.8 Å². The Morgan fingerprint density at radius 2 is 2.17 bits per heavy atom. The van der Waals surface area contributed by atoms with Crippen molar-refractivity contribution >= 4 is 23.4 Å². The van der Waals surface area contributed by atoms with Crippen molar-refractivity contribution in [3.63, 3.8) is 0 Å². The number of benzene rings is 1. The molecule has 8 heteroatoms. The number of hydrogen-bond donors (Lipinski definition) is 3. The van der Waals surface area contributed by atoms with Gasteiger partial charge >= 0.3 is 0 Å². The smallest absolute Gasteiger partial charge is 0.265 e. The lowest BCUT2D eigenvalue weighted by Gasteiger charge is -2.25. The van der Waals surface area contributed by atoms with E-state index in [1.165, 1.54) is 0 Å². The molecule has 2 heterocycles. The summed E-state index contributed by atoms with van der Waals surface area (Å²) in [5.41, 5.74) is 6.01. The van der Waals surface area contributed by atoms with Crippen LogP contribution in [0.15, 0.2) is 18.2 Å². The highest BCUT2D eigenvalue weighted by atomic mass is 16.5. The molecule has 2 aliphatic rings. The number of para-hydroxylation sites is 1. The second-order valence-corrected chi connectivity index (χ2v) is 5.87. The molecular formula is C16H19N3O5. The zero-order chi connectivity index (χ0) is 17.3. The van der Waals surface area contributed by atoms with Crippen LogP contribution in [-0.4, -0.2) is 42.6 Å². The average molecular weight is 333 g/mol. The molecule has 1 aromatic carbocycles. The lowest BCUT2D eigenvalue weighted by atomic mass is 10.1. The molecule has 0 aromatic heterocycles. The second-order valence-electron chi connectivity index (χ2n) is 5.87. The predicted molar refractivity (Wildman–Crippen MR) is 84.6 cm³/mol. The molecule has 1 fully saturated rings. The van der Waals surface area contributed by atoms with Crippen molar-refractivity contribution in [3.05, 3.63) is 23.8 Å². The monoisotopic (exact) mass is 333 g/mol. The van der Waals surface area contributed by atoms with Gasteiger partial charge in [-0.15, -0.1) is 0 Å². The molecule has 2 aliphatic heterocycles. The van der Waals surface area contributed by atoms with Crippen LogP contribution in [0.3, 0.4) is 0 Å². The Morgan fingerprint density at radius 1 is 1.38 bits per heavy atom. The van der Waals surface area contributed by atoms with E-state index in [9.17, 15) is 14.4 Å². The van der Waals surface area contributed by atoms with Crippen LogP contribution in [0.4, 0.5) is 5.69 Å². The molecule has 3 unspecified atom stereocenters. The Morgan fingerprint density at radius 3 is 2.88 bits per heavy atom. The van der Waals surface area contributed by atoms with Crippen molar-refractivity contribution in [2.24, 2.45) is 5.73 Å². The van der Waals surface area contributed by atoms with Gasteiger partial charge in [-0.2, -0.15) is 0 Å². The summed E-state index contributed by atoms with van der Waals surface area (Å²) in [4.78, 5) is 35.1. The van der Waals surface area contributed by atoms with Crippen LogP contribution < -0.4 is 21.1 Å². The third-order valence-corrected chi connectivity index (χ3v) is 4.10. The molecule has 8 nitrogen and oxygen atoms in total. The molecule has 0 aliphatic carbocycles. The molecule has 128 valence electrons. The van der Waals surface area contributed by atoms with Gasteiger partial charge in [0, 0.05) is 6.54 Å². The minimum absolute atomic E-state index is 0.245. The first kappa shape index (κ1) is 16.3. The van der Waals surface area contributed by atoms with Gasteiger partial charge in [0.15, 0.2) is 11.9 Å². The molecule has 1 aromatic rings. The number of fused-ring (bicyclic) bond motifs is 1. The fourth-order valence-corrected chi connectivity index (χ4v) is 2.77. The highest BCUT2D eigenvalue weighted by Gasteiger charge is 2.30. The van der Waals surface area contributed by atoms with Gasteiger partial charge in [0.2, 0.25) is 5.91 Å². The summed E-state index contributed by atoms with van der Waals surface area (Å²) < 4.78 is 11.0. The number of amides is 3. The van der Waals surface area contributed by atoms with Crippen LogP contribution in [-0.2, 0) is 14.3 Å². The standard InChI is InChI=1S/C16H19N3O5/c1-8-15(21)19-11-4-2-3-10(13(11)23-8)16(22)18-7-9-5-6-12(24-9)14(17)20/h2-4,8-9,12H,5-7H2,1H3,(H2,17,20)(H,18,22)(H,19,21). The summed E-state index contributed by atoms with van der Waals surface area (Å²) in [6.45, 7) is 1.89. The van der Waals surface area contributed by atoms with Gasteiger partial charge in [-0.1, -0.05) is 6.07 Å². The van der Waals surface area contributed by atoms with E-state index < -0.39 is 18.1 Å². The molecule has 1 saturated heterocycles. The normalized spacial score (nSPS) is 25.4. The number of nitrogens with two attached hydrogens (primary N) is 1. The van der Waals surface area contributed by atoms with Gasteiger partial charge < -0.3 is 25.8 Å². The van der Waals surface area contributed by atoms with E-state index in [0.717, 1.165) is 0 Å². The maximum Gasteiger partial charge on any atom is 0.265 e. The van der Waals surface area contributed by atoms with Gasteiger partial charge in [0.1, 0.15) is 6.10 Å². The molecule has 3 atom stereocenters. The molecule has 0 saturated carbocycles. The Bertz CT molecular complexity index is 690. The number of anilines is 1. The maximum absolute atomic E-state index is 12.4. The van der Waals surface area contributed by atoms with E-state index in [-0.39, 0.29) is 24.5 Å². The lowest BCUT2D eigenvalue weighted by molar-refractivity contribution is -0.128. The zero-order valence-electron chi connectivity index (χ0n) is 13.2. The predicted octanol–water partition coefficient (Wildman–Crippen LogP) is 0.169. The van der Waals surface area contributed by atoms with Crippen molar-refractivity contribution in [2.45, 2.75) is 38.1 Å². The quantitative estimate of drug-likeness (QED) is 0.725. The number of primary amides is 1. The molecule has 0 spiro atoms. The summed E-state index contributed by atoms with van der Waals surface area (Å²) in [7, 11) is 0. The molecule has 3 rings (SSSR count). The van der Waals surface area contributed by atoms with E-state index in [1.807, 2.05) is 0 Å². The number of carbonyl (C=O) groups is 3. The number of hydrogen-bond acceptors (Lipinski definition) is 5. The first-order valence-electron chi connectivity index (χ1n) is 7.79. The fraction of sp³-hybridized carbons (Fsp3) is 0.438. The summed E-state index contributed by atoms with van der Waals surface area (Å²) in [5, 5.41) is 5.47. The first-order valence-corrected chi connectivity index (χ1v) is 7.79. The first-order chi connectivity index (χ1) is 11.5. The third-order valence-electron chi connectivity index (χ3n) is 4.10. The Hall–Kier alpha value is -2.61. The Kier molecular flexibility index (Phi) is 4.39. The number of carbonyl (C=O) groups excluding carboxylic acids is 3. The van der Waals surface area contributed by atoms with Crippen LogP contribution in [0.2, 0.25) is 0 Å². The van der Waals surface area contributed by atoms with E-state index in [0.29, 0.717) is 29.8 Å². The minimum Gasteiger partial charge on any atom is -0.478 e. The van der Waals surface area contributed by atoms with Crippen LogP contribution >= 0.6 is 0 Å². The zero-order valence-corrected chi connectivity index (χ0v) is 13.2. The largest absolute Gasteiger partial charge is 0.478 e. The van der Waals surface area contributed by atoms with Crippen LogP contribution in [0, 0.1) is 0 Å². The number of ether oxygens (including phenoxy) is 2. The number of rotatable bonds is 4. The van der Waals surface area contributed by atoms with Gasteiger partial charge in [-0.3, -0.25) is 14.4 Å². The SMILES string of the molecule is CC1Oc2c(cccc2C(=O)NCC2CCC(C(N)=O)O2)NC1=O. The summed E-state index contributed by atoms with van der Waals surface area (Å²) in [6.07, 6.45) is -0.282.